The number of rotatable bonds is 7. The minimum atomic E-state index is -0.724. The molecule has 0 N–H and O–H groups in total. The van der Waals surface area contributed by atoms with Crippen molar-refractivity contribution >= 4 is 5.97 Å². The molecule has 0 heterocycles. The molecule has 2 atom stereocenters. The van der Waals surface area contributed by atoms with Gasteiger partial charge in [0.15, 0.2) is 5.60 Å². The van der Waals surface area contributed by atoms with Crippen molar-refractivity contribution in [2.45, 2.75) is 65.4 Å². The van der Waals surface area contributed by atoms with Crippen molar-refractivity contribution in [2.75, 3.05) is 0 Å². The molecule has 0 saturated carbocycles. The smallest absolute Gasteiger partial charge is 0.304 e. The molecule has 0 fully saturated rings. The van der Waals surface area contributed by atoms with Crippen LogP contribution < -0.4 is 0 Å². The molecule has 0 rings (SSSR count). The van der Waals surface area contributed by atoms with E-state index in [9.17, 15) is 4.79 Å². The Morgan fingerprint density at radius 1 is 1.50 bits per heavy atom. The molecular formula is C14H24O2. The molecule has 0 aliphatic heterocycles. The number of terminal acetylenes is 1. The molecule has 0 aromatic carbocycles. The van der Waals surface area contributed by atoms with E-state index < -0.39 is 5.60 Å². The summed E-state index contributed by atoms with van der Waals surface area (Å²) in [5.41, 5.74) is -0.724. The molecule has 16 heavy (non-hydrogen) atoms. The highest BCUT2D eigenvalue weighted by atomic mass is 16.6. The van der Waals surface area contributed by atoms with Gasteiger partial charge in [-0.2, -0.15) is 0 Å². The number of carbonyl (C=O) groups is 1. The molecular weight excluding hydrogens is 200 g/mol. The van der Waals surface area contributed by atoms with Crippen molar-refractivity contribution in [3.8, 4) is 12.3 Å². The minimum Gasteiger partial charge on any atom is -0.446 e. The average Bonchev–Trinajstić information content (AvgIpc) is 2.17. The van der Waals surface area contributed by atoms with E-state index >= 15 is 0 Å². The number of hydrogen-bond acceptors (Lipinski definition) is 2. The monoisotopic (exact) mass is 224 g/mol. The van der Waals surface area contributed by atoms with E-state index in [0.29, 0.717) is 0 Å². The van der Waals surface area contributed by atoms with Gasteiger partial charge in [-0.25, -0.2) is 0 Å². The Bertz CT molecular complexity index is 252. The number of hydrogen-bond donors (Lipinski definition) is 0. The molecule has 2 nitrogen and oxygen atoms in total. The fraction of sp³-hybridized carbons (Fsp3) is 0.786. The van der Waals surface area contributed by atoms with Crippen LogP contribution >= 0.6 is 0 Å². The van der Waals surface area contributed by atoms with Gasteiger partial charge in [0.05, 0.1) is 0 Å². The molecule has 0 unspecified atom stereocenters. The van der Waals surface area contributed by atoms with Gasteiger partial charge in [0, 0.05) is 6.92 Å². The molecule has 92 valence electrons. The molecule has 0 aliphatic rings. The highest BCUT2D eigenvalue weighted by molar-refractivity contribution is 5.67. The van der Waals surface area contributed by atoms with Gasteiger partial charge >= 0.3 is 5.97 Å². The molecule has 0 aromatic heterocycles. The van der Waals surface area contributed by atoms with Crippen LogP contribution in [0.3, 0.4) is 0 Å². The lowest BCUT2D eigenvalue weighted by atomic mass is 9.94. The third-order valence-corrected chi connectivity index (χ3v) is 2.81. The Balaban J connectivity index is 3.96. The maximum Gasteiger partial charge on any atom is 0.304 e. The SMILES string of the molecule is C#C[C@@](C)(CCC[C@@H](C)CCC)OC(C)=O. The van der Waals surface area contributed by atoms with Gasteiger partial charge in [0.1, 0.15) is 0 Å². The minimum absolute atomic E-state index is 0.304. The summed E-state index contributed by atoms with van der Waals surface area (Å²) in [5, 5.41) is 0. The van der Waals surface area contributed by atoms with E-state index in [0.717, 1.165) is 25.2 Å². The summed E-state index contributed by atoms with van der Waals surface area (Å²) in [4.78, 5) is 10.9. The van der Waals surface area contributed by atoms with Gasteiger partial charge in [0.25, 0.3) is 0 Å². The second kappa shape index (κ2) is 7.33. The van der Waals surface area contributed by atoms with Crippen molar-refractivity contribution in [3.05, 3.63) is 0 Å². The zero-order chi connectivity index (χ0) is 12.6. The summed E-state index contributed by atoms with van der Waals surface area (Å²) < 4.78 is 5.15. The van der Waals surface area contributed by atoms with E-state index in [2.05, 4.69) is 19.8 Å². The topological polar surface area (TPSA) is 26.3 Å². The zero-order valence-corrected chi connectivity index (χ0v) is 11.0. The summed E-state index contributed by atoms with van der Waals surface area (Å²) in [6, 6.07) is 0. The highest BCUT2D eigenvalue weighted by Gasteiger charge is 2.24. The van der Waals surface area contributed by atoms with Gasteiger partial charge in [-0.15, -0.1) is 6.42 Å². The second-order valence-corrected chi connectivity index (χ2v) is 4.75. The lowest BCUT2D eigenvalue weighted by Gasteiger charge is -2.23. The van der Waals surface area contributed by atoms with Crippen molar-refractivity contribution in [1.29, 1.82) is 0 Å². The molecule has 0 saturated heterocycles. The predicted octanol–water partition coefficient (Wildman–Crippen LogP) is 3.55. The van der Waals surface area contributed by atoms with Gasteiger partial charge in [-0.05, 0) is 25.7 Å². The van der Waals surface area contributed by atoms with E-state index in [1.807, 2.05) is 0 Å². The Hall–Kier alpha value is -0.970. The average molecular weight is 224 g/mol. The molecule has 0 bridgehead atoms. The van der Waals surface area contributed by atoms with E-state index in [1.54, 1.807) is 6.92 Å². The van der Waals surface area contributed by atoms with Crippen molar-refractivity contribution in [3.63, 3.8) is 0 Å². The zero-order valence-electron chi connectivity index (χ0n) is 11.0. The first kappa shape index (κ1) is 15.0. The van der Waals surface area contributed by atoms with Crippen molar-refractivity contribution < 1.29 is 9.53 Å². The van der Waals surface area contributed by atoms with Crippen LogP contribution in [0.1, 0.15) is 59.8 Å². The Kier molecular flexibility index (Phi) is 6.88. The van der Waals surface area contributed by atoms with E-state index in [1.165, 1.54) is 19.8 Å². The molecule has 0 spiro atoms. The predicted molar refractivity (Wildman–Crippen MR) is 66.9 cm³/mol. The quantitative estimate of drug-likeness (QED) is 0.488. The Morgan fingerprint density at radius 2 is 2.12 bits per heavy atom. The normalized spacial score (nSPS) is 15.9. The largest absolute Gasteiger partial charge is 0.446 e. The standard InChI is InChI=1S/C14H24O2/c1-6-9-12(3)10-8-11-14(5,7-2)16-13(4)15/h2,12H,6,8-11H2,1,3-5H3/t12-,14-/m0/s1. The van der Waals surface area contributed by atoms with Crippen LogP contribution in [0.2, 0.25) is 0 Å². The summed E-state index contributed by atoms with van der Waals surface area (Å²) in [5.74, 6) is 3.00. The summed E-state index contributed by atoms with van der Waals surface area (Å²) in [6.07, 6.45) is 10.8. The van der Waals surface area contributed by atoms with Gasteiger partial charge < -0.3 is 4.74 Å². The Morgan fingerprint density at radius 3 is 2.56 bits per heavy atom. The lowest BCUT2D eigenvalue weighted by Crippen LogP contribution is -2.29. The first-order chi connectivity index (χ1) is 7.43. The lowest BCUT2D eigenvalue weighted by molar-refractivity contribution is -0.150. The number of ether oxygens (including phenoxy) is 1. The van der Waals surface area contributed by atoms with Crippen molar-refractivity contribution in [1.82, 2.24) is 0 Å². The summed E-state index contributed by atoms with van der Waals surface area (Å²) in [7, 11) is 0. The van der Waals surface area contributed by atoms with Crippen LogP contribution in [-0.4, -0.2) is 11.6 Å². The third kappa shape index (κ3) is 6.50. The van der Waals surface area contributed by atoms with Crippen LogP contribution in [0.25, 0.3) is 0 Å². The van der Waals surface area contributed by atoms with Crippen LogP contribution in [-0.2, 0) is 9.53 Å². The first-order valence-corrected chi connectivity index (χ1v) is 6.11. The Labute approximate surface area is 99.8 Å². The molecule has 0 radical (unpaired) electrons. The molecule has 0 aromatic rings. The van der Waals surface area contributed by atoms with Gasteiger partial charge in [-0.3, -0.25) is 4.79 Å². The fourth-order valence-electron chi connectivity index (χ4n) is 1.89. The third-order valence-electron chi connectivity index (χ3n) is 2.81. The second-order valence-electron chi connectivity index (χ2n) is 4.75. The number of esters is 1. The van der Waals surface area contributed by atoms with E-state index in [4.69, 9.17) is 11.2 Å². The maximum atomic E-state index is 10.9. The molecule has 0 aliphatic carbocycles. The van der Waals surface area contributed by atoms with Gasteiger partial charge in [-0.1, -0.05) is 39.0 Å². The van der Waals surface area contributed by atoms with Gasteiger partial charge in [0.2, 0.25) is 0 Å². The number of carbonyl (C=O) groups excluding carboxylic acids is 1. The molecule has 2 heteroatoms. The van der Waals surface area contributed by atoms with Crippen LogP contribution in [0.4, 0.5) is 0 Å². The van der Waals surface area contributed by atoms with Crippen LogP contribution in [0, 0.1) is 18.3 Å². The van der Waals surface area contributed by atoms with Crippen molar-refractivity contribution in [2.24, 2.45) is 5.92 Å². The molecule has 0 amide bonds. The summed E-state index contributed by atoms with van der Waals surface area (Å²) >= 11 is 0. The fourth-order valence-corrected chi connectivity index (χ4v) is 1.89. The van der Waals surface area contributed by atoms with Crippen LogP contribution in [0.15, 0.2) is 0 Å². The highest BCUT2D eigenvalue weighted by Crippen LogP contribution is 2.21. The maximum absolute atomic E-state index is 10.9. The van der Waals surface area contributed by atoms with E-state index in [-0.39, 0.29) is 5.97 Å². The first-order valence-electron chi connectivity index (χ1n) is 6.11. The summed E-state index contributed by atoms with van der Waals surface area (Å²) in [6.45, 7) is 7.65. The van der Waals surface area contributed by atoms with Crippen LogP contribution in [0.5, 0.6) is 0 Å².